The molecule has 1 aromatic heterocycles. The molecular formula is C19H19N3OS. The number of aromatic nitrogens is 1. The van der Waals surface area contributed by atoms with Gasteiger partial charge in [0.2, 0.25) is 0 Å². The molecule has 0 amide bonds. The number of carbonyl (C=O) groups is 1. The number of anilines is 1. The number of thiazole rings is 1. The number of ketones is 1. The van der Waals surface area contributed by atoms with Gasteiger partial charge in [0.1, 0.15) is 0 Å². The third-order valence-electron chi connectivity index (χ3n) is 4.39. The zero-order valence-corrected chi connectivity index (χ0v) is 14.2. The lowest BCUT2D eigenvalue weighted by molar-refractivity contribution is 0.0926. The van der Waals surface area contributed by atoms with Gasteiger partial charge in [-0.15, -0.1) is 0 Å². The lowest BCUT2D eigenvalue weighted by atomic mass is 10.1. The van der Waals surface area contributed by atoms with E-state index in [-0.39, 0.29) is 5.78 Å². The number of hydrogen-bond donors (Lipinski definition) is 0. The van der Waals surface area contributed by atoms with Crippen LogP contribution in [0.4, 0.5) is 5.13 Å². The molecule has 3 aromatic rings. The Bertz CT molecular complexity index is 805. The molecule has 1 aliphatic rings. The van der Waals surface area contributed by atoms with Gasteiger partial charge in [-0.1, -0.05) is 53.8 Å². The highest BCUT2D eigenvalue weighted by Crippen LogP contribution is 2.29. The second-order valence-corrected chi connectivity index (χ2v) is 7.03. The van der Waals surface area contributed by atoms with Crippen LogP contribution in [0.15, 0.2) is 54.6 Å². The standard InChI is InChI=1S/C19H19N3OS/c23-17(15-6-2-1-3-7-15)14-21-10-12-22(13-11-21)19-20-16-8-4-5-9-18(16)24-19/h1-9H,10-14H2. The maximum absolute atomic E-state index is 12.3. The molecular weight excluding hydrogens is 318 g/mol. The fourth-order valence-corrected chi connectivity index (χ4v) is 4.03. The van der Waals surface area contributed by atoms with Crippen LogP contribution >= 0.6 is 11.3 Å². The molecule has 0 spiro atoms. The normalized spacial score (nSPS) is 15.8. The SMILES string of the molecule is O=C(CN1CCN(c2nc3ccccc3s2)CC1)c1ccccc1. The van der Waals surface area contributed by atoms with E-state index in [4.69, 9.17) is 4.98 Å². The van der Waals surface area contributed by atoms with Crippen molar-refractivity contribution in [3.8, 4) is 0 Å². The Balaban J connectivity index is 1.37. The van der Waals surface area contributed by atoms with E-state index in [1.807, 2.05) is 36.4 Å². The molecule has 4 rings (SSSR count). The maximum atomic E-state index is 12.3. The fraction of sp³-hybridized carbons (Fsp3) is 0.263. The van der Waals surface area contributed by atoms with Gasteiger partial charge in [0.15, 0.2) is 10.9 Å². The van der Waals surface area contributed by atoms with Crippen LogP contribution in [0, 0.1) is 0 Å². The van der Waals surface area contributed by atoms with E-state index in [9.17, 15) is 4.79 Å². The van der Waals surface area contributed by atoms with Crippen LogP contribution in [0.3, 0.4) is 0 Å². The number of fused-ring (bicyclic) bond motifs is 1. The summed E-state index contributed by atoms with van der Waals surface area (Å²) in [6, 6.07) is 17.8. The molecule has 4 nitrogen and oxygen atoms in total. The average molecular weight is 337 g/mol. The molecule has 0 N–H and O–H groups in total. The van der Waals surface area contributed by atoms with Gasteiger partial charge in [-0.2, -0.15) is 0 Å². The number of rotatable bonds is 4. The summed E-state index contributed by atoms with van der Waals surface area (Å²) >= 11 is 1.75. The Morgan fingerprint density at radius 1 is 0.958 bits per heavy atom. The van der Waals surface area contributed by atoms with Gasteiger partial charge in [0.05, 0.1) is 16.8 Å². The molecule has 0 aliphatic carbocycles. The van der Waals surface area contributed by atoms with E-state index in [2.05, 4.69) is 28.0 Å². The summed E-state index contributed by atoms with van der Waals surface area (Å²) in [4.78, 5) is 21.6. The minimum Gasteiger partial charge on any atom is -0.345 e. The Morgan fingerprint density at radius 2 is 1.67 bits per heavy atom. The molecule has 0 saturated carbocycles. The van der Waals surface area contributed by atoms with Crippen LogP contribution in [0.5, 0.6) is 0 Å². The smallest absolute Gasteiger partial charge is 0.186 e. The second kappa shape index (κ2) is 6.71. The van der Waals surface area contributed by atoms with Crippen molar-refractivity contribution in [1.29, 1.82) is 0 Å². The third kappa shape index (κ3) is 3.18. The molecule has 0 bridgehead atoms. The van der Waals surface area contributed by atoms with Gasteiger partial charge in [-0.05, 0) is 12.1 Å². The Labute approximate surface area is 145 Å². The van der Waals surface area contributed by atoms with E-state index in [1.165, 1.54) is 4.70 Å². The summed E-state index contributed by atoms with van der Waals surface area (Å²) in [5, 5.41) is 1.09. The van der Waals surface area contributed by atoms with Crippen LogP contribution in [0.2, 0.25) is 0 Å². The largest absolute Gasteiger partial charge is 0.345 e. The van der Waals surface area contributed by atoms with E-state index in [0.717, 1.165) is 42.4 Å². The quantitative estimate of drug-likeness (QED) is 0.685. The van der Waals surface area contributed by atoms with Gasteiger partial charge in [0.25, 0.3) is 0 Å². The zero-order chi connectivity index (χ0) is 16.4. The molecule has 1 saturated heterocycles. The van der Waals surface area contributed by atoms with Crippen molar-refractivity contribution in [2.75, 3.05) is 37.6 Å². The molecule has 1 aliphatic heterocycles. The van der Waals surface area contributed by atoms with Crippen molar-refractivity contribution in [3.05, 3.63) is 60.2 Å². The molecule has 2 aromatic carbocycles. The molecule has 5 heteroatoms. The molecule has 0 atom stereocenters. The van der Waals surface area contributed by atoms with Gasteiger partial charge in [-0.3, -0.25) is 9.69 Å². The number of carbonyl (C=O) groups excluding carboxylic acids is 1. The van der Waals surface area contributed by atoms with Crippen molar-refractivity contribution in [2.45, 2.75) is 0 Å². The Morgan fingerprint density at radius 3 is 2.42 bits per heavy atom. The molecule has 0 unspecified atom stereocenters. The Hall–Kier alpha value is -2.24. The van der Waals surface area contributed by atoms with Crippen molar-refractivity contribution < 1.29 is 4.79 Å². The minimum absolute atomic E-state index is 0.198. The van der Waals surface area contributed by atoms with Crippen molar-refractivity contribution in [3.63, 3.8) is 0 Å². The molecule has 0 radical (unpaired) electrons. The van der Waals surface area contributed by atoms with Crippen LogP contribution in [0.25, 0.3) is 10.2 Å². The van der Waals surface area contributed by atoms with Gasteiger partial charge in [-0.25, -0.2) is 4.98 Å². The number of hydrogen-bond acceptors (Lipinski definition) is 5. The lowest BCUT2D eigenvalue weighted by Gasteiger charge is -2.34. The summed E-state index contributed by atoms with van der Waals surface area (Å²) in [5.41, 5.74) is 1.87. The summed E-state index contributed by atoms with van der Waals surface area (Å²) in [6.45, 7) is 4.13. The van der Waals surface area contributed by atoms with Crippen molar-refractivity contribution in [1.82, 2.24) is 9.88 Å². The van der Waals surface area contributed by atoms with Gasteiger partial charge < -0.3 is 4.90 Å². The monoisotopic (exact) mass is 337 g/mol. The molecule has 1 fully saturated rings. The molecule has 24 heavy (non-hydrogen) atoms. The summed E-state index contributed by atoms with van der Waals surface area (Å²) < 4.78 is 1.23. The number of benzene rings is 2. The van der Waals surface area contributed by atoms with E-state index in [0.29, 0.717) is 6.54 Å². The van der Waals surface area contributed by atoms with Crippen LogP contribution < -0.4 is 4.90 Å². The van der Waals surface area contributed by atoms with Crippen LogP contribution in [-0.4, -0.2) is 48.4 Å². The first-order valence-corrected chi connectivity index (χ1v) is 9.02. The highest BCUT2D eigenvalue weighted by Gasteiger charge is 2.21. The first-order chi connectivity index (χ1) is 11.8. The van der Waals surface area contributed by atoms with E-state index in [1.54, 1.807) is 11.3 Å². The zero-order valence-electron chi connectivity index (χ0n) is 13.4. The highest BCUT2D eigenvalue weighted by molar-refractivity contribution is 7.22. The summed E-state index contributed by atoms with van der Waals surface area (Å²) in [7, 11) is 0. The Kier molecular flexibility index (Phi) is 4.28. The van der Waals surface area contributed by atoms with Gasteiger partial charge in [0, 0.05) is 31.7 Å². The molecule has 122 valence electrons. The number of piperazine rings is 1. The number of Topliss-reactive ketones (excluding diaryl/α,β-unsaturated/α-hetero) is 1. The first kappa shape index (κ1) is 15.3. The van der Waals surface area contributed by atoms with Crippen molar-refractivity contribution >= 4 is 32.5 Å². The number of nitrogens with zero attached hydrogens (tertiary/aromatic N) is 3. The third-order valence-corrected chi connectivity index (χ3v) is 5.49. The predicted molar refractivity (Wildman–Crippen MR) is 99.0 cm³/mol. The van der Waals surface area contributed by atoms with Crippen LogP contribution in [-0.2, 0) is 0 Å². The van der Waals surface area contributed by atoms with E-state index >= 15 is 0 Å². The highest BCUT2D eigenvalue weighted by atomic mass is 32.1. The lowest BCUT2D eigenvalue weighted by Crippen LogP contribution is -2.48. The second-order valence-electron chi connectivity index (χ2n) is 6.02. The van der Waals surface area contributed by atoms with Gasteiger partial charge >= 0.3 is 0 Å². The molecule has 2 heterocycles. The van der Waals surface area contributed by atoms with E-state index < -0.39 is 0 Å². The predicted octanol–water partition coefficient (Wildman–Crippen LogP) is 3.30. The topological polar surface area (TPSA) is 36.4 Å². The van der Waals surface area contributed by atoms with Crippen molar-refractivity contribution in [2.24, 2.45) is 0 Å². The summed E-state index contributed by atoms with van der Waals surface area (Å²) in [5.74, 6) is 0.198. The first-order valence-electron chi connectivity index (χ1n) is 8.21. The fourth-order valence-electron chi connectivity index (χ4n) is 3.01. The summed E-state index contributed by atoms with van der Waals surface area (Å²) in [6.07, 6.45) is 0. The average Bonchev–Trinajstić information content (AvgIpc) is 3.07. The maximum Gasteiger partial charge on any atom is 0.186 e. The van der Waals surface area contributed by atoms with Crippen LogP contribution in [0.1, 0.15) is 10.4 Å². The number of para-hydroxylation sites is 1. The minimum atomic E-state index is 0.198.